The molecule has 1 atom stereocenters. The molecule has 1 rings (SSSR count). The van der Waals surface area contributed by atoms with E-state index in [-0.39, 0.29) is 5.44 Å². The molecule has 0 spiro atoms. The summed E-state index contributed by atoms with van der Waals surface area (Å²) in [6.45, 7) is 2.94. The minimum absolute atomic E-state index is 0. The summed E-state index contributed by atoms with van der Waals surface area (Å²) in [6.07, 6.45) is 0. The van der Waals surface area contributed by atoms with Crippen LogP contribution in [0.25, 0.3) is 0 Å². The molecule has 0 aromatic heterocycles. The Hall–Kier alpha value is 0.0249. The van der Waals surface area contributed by atoms with Crippen LogP contribution in [0, 0.1) is 0 Å². The summed E-state index contributed by atoms with van der Waals surface area (Å²) in [4.78, 5) is 0. The quantitative estimate of drug-likeness (QED) is 0.298. The summed E-state index contributed by atoms with van der Waals surface area (Å²) in [5, 5.41) is 2.95. The van der Waals surface area contributed by atoms with Gasteiger partial charge < -0.3 is 5.32 Å². The van der Waals surface area contributed by atoms with Crippen LogP contribution < -0.4 is 5.32 Å². The zero-order valence-corrected chi connectivity index (χ0v) is 3.28. The van der Waals surface area contributed by atoms with Crippen molar-refractivity contribution < 1.29 is 0 Å². The van der Waals surface area contributed by atoms with Crippen LogP contribution >= 0.6 is 0 Å². The molecular formula is C3H6BN. The lowest BCUT2D eigenvalue weighted by Crippen LogP contribution is -2.06. The Morgan fingerprint density at radius 3 is 2.20 bits per heavy atom. The second-order valence-corrected chi connectivity index (χ2v) is 1.77. The molecule has 0 bridgehead atoms. The standard InChI is InChI=1S/C3H6BN/c1-3(4)2-5-3/h5H,2H2,1H3. The predicted molar refractivity (Wildman–Crippen MR) is 22.2 cm³/mol. The fourth-order valence-electron chi connectivity index (χ4n) is 0.139. The maximum atomic E-state index is 5.35. The van der Waals surface area contributed by atoms with Crippen LogP contribution in [0.3, 0.4) is 0 Å². The second-order valence-electron chi connectivity index (χ2n) is 1.77. The Labute approximate surface area is 33.2 Å². The molecule has 0 amide bonds. The summed E-state index contributed by atoms with van der Waals surface area (Å²) < 4.78 is 0. The van der Waals surface area contributed by atoms with Crippen molar-refractivity contribution in [2.24, 2.45) is 0 Å². The summed E-state index contributed by atoms with van der Waals surface area (Å²) in [5.74, 6) is 0. The molecule has 1 aliphatic heterocycles. The van der Waals surface area contributed by atoms with E-state index in [0.717, 1.165) is 6.54 Å². The lowest BCUT2D eigenvalue weighted by molar-refractivity contribution is 0.990. The highest BCUT2D eigenvalue weighted by Gasteiger charge is 2.28. The molecule has 1 heterocycles. The van der Waals surface area contributed by atoms with Crippen molar-refractivity contribution >= 4 is 7.85 Å². The van der Waals surface area contributed by atoms with Crippen molar-refractivity contribution in [2.45, 2.75) is 12.4 Å². The first-order valence-corrected chi connectivity index (χ1v) is 1.75. The first-order chi connectivity index (χ1) is 2.21. The third-order valence-electron chi connectivity index (χ3n) is 0.734. The first-order valence-electron chi connectivity index (χ1n) is 1.75. The molecule has 0 aliphatic carbocycles. The highest BCUT2D eigenvalue weighted by atomic mass is 15.1. The molecule has 1 unspecified atom stereocenters. The molecule has 0 saturated carbocycles. The fourth-order valence-corrected chi connectivity index (χ4v) is 0.139. The molecule has 0 aromatic rings. The van der Waals surface area contributed by atoms with Crippen LogP contribution in [0.5, 0.6) is 0 Å². The zero-order chi connectivity index (χ0) is 3.91. The van der Waals surface area contributed by atoms with Crippen LogP contribution in [0.15, 0.2) is 0 Å². The summed E-state index contributed by atoms with van der Waals surface area (Å²) >= 11 is 0. The van der Waals surface area contributed by atoms with E-state index in [2.05, 4.69) is 5.32 Å². The maximum Gasteiger partial charge on any atom is 0.0967 e. The van der Waals surface area contributed by atoms with Gasteiger partial charge in [-0.2, -0.15) is 0 Å². The normalized spacial score (nSPS) is 49.0. The van der Waals surface area contributed by atoms with Gasteiger partial charge in [-0.1, -0.05) is 6.92 Å². The number of hydrogen-bond donors (Lipinski definition) is 1. The Balaban J connectivity index is 2.38. The lowest BCUT2D eigenvalue weighted by atomic mass is 9.90. The van der Waals surface area contributed by atoms with E-state index in [1.54, 1.807) is 0 Å². The average molecular weight is 66.9 g/mol. The average Bonchev–Trinajstić information content (AvgIpc) is 1.76. The van der Waals surface area contributed by atoms with Gasteiger partial charge in [0.25, 0.3) is 0 Å². The van der Waals surface area contributed by atoms with Crippen molar-refractivity contribution in [1.82, 2.24) is 5.32 Å². The van der Waals surface area contributed by atoms with Gasteiger partial charge in [-0.25, -0.2) is 0 Å². The number of nitrogens with one attached hydrogen (secondary N) is 1. The van der Waals surface area contributed by atoms with Gasteiger partial charge in [0.2, 0.25) is 0 Å². The number of hydrogen-bond acceptors (Lipinski definition) is 1. The smallest absolute Gasteiger partial charge is 0.0967 e. The van der Waals surface area contributed by atoms with Gasteiger partial charge in [-0.05, 0) is 5.44 Å². The van der Waals surface area contributed by atoms with E-state index in [0.29, 0.717) is 0 Å². The SMILES string of the molecule is [B]C1(C)CN1. The molecule has 2 heteroatoms. The molecular weight excluding hydrogens is 60.9 g/mol. The highest BCUT2D eigenvalue weighted by molar-refractivity contribution is 6.17. The van der Waals surface area contributed by atoms with Crippen molar-refractivity contribution in [1.29, 1.82) is 0 Å². The monoisotopic (exact) mass is 67.1 g/mol. The molecule has 2 radical (unpaired) electrons. The molecule has 1 nitrogen and oxygen atoms in total. The van der Waals surface area contributed by atoms with Crippen molar-refractivity contribution in [3.63, 3.8) is 0 Å². The number of rotatable bonds is 0. The minimum atomic E-state index is 0. The van der Waals surface area contributed by atoms with Crippen LogP contribution in [0.1, 0.15) is 6.92 Å². The molecule has 1 aliphatic rings. The van der Waals surface area contributed by atoms with Gasteiger partial charge >= 0.3 is 0 Å². The van der Waals surface area contributed by atoms with Gasteiger partial charge in [0.15, 0.2) is 0 Å². The minimum Gasteiger partial charge on any atom is -0.318 e. The Morgan fingerprint density at radius 1 is 2.00 bits per heavy atom. The molecule has 0 aromatic carbocycles. The van der Waals surface area contributed by atoms with Crippen molar-refractivity contribution in [3.05, 3.63) is 0 Å². The van der Waals surface area contributed by atoms with Gasteiger partial charge in [0.05, 0.1) is 7.85 Å². The van der Waals surface area contributed by atoms with Crippen LogP contribution in [-0.2, 0) is 0 Å². The van der Waals surface area contributed by atoms with Crippen LogP contribution in [0.4, 0.5) is 0 Å². The predicted octanol–water partition coefficient (Wildman–Crippen LogP) is -0.526. The van der Waals surface area contributed by atoms with E-state index in [1.165, 1.54) is 0 Å². The third kappa shape index (κ3) is 0.654. The summed E-state index contributed by atoms with van der Waals surface area (Å²) in [6, 6.07) is 0. The Kier molecular flexibility index (Phi) is 0.369. The van der Waals surface area contributed by atoms with Gasteiger partial charge in [-0.15, -0.1) is 0 Å². The van der Waals surface area contributed by atoms with Crippen LogP contribution in [0.2, 0.25) is 0 Å². The van der Waals surface area contributed by atoms with E-state index in [9.17, 15) is 0 Å². The Bertz CT molecular complexity index is 44.9. The first kappa shape index (κ1) is 3.22. The van der Waals surface area contributed by atoms with Crippen LogP contribution in [-0.4, -0.2) is 19.8 Å². The van der Waals surface area contributed by atoms with Gasteiger partial charge in [0, 0.05) is 6.54 Å². The van der Waals surface area contributed by atoms with E-state index >= 15 is 0 Å². The lowest BCUT2D eigenvalue weighted by Gasteiger charge is -1.84. The van der Waals surface area contributed by atoms with Crippen molar-refractivity contribution in [3.8, 4) is 0 Å². The summed E-state index contributed by atoms with van der Waals surface area (Å²) in [5.41, 5.74) is 0. The third-order valence-corrected chi connectivity index (χ3v) is 0.734. The van der Waals surface area contributed by atoms with Gasteiger partial charge in [0.1, 0.15) is 0 Å². The highest BCUT2D eigenvalue weighted by Crippen LogP contribution is 2.06. The molecule has 5 heavy (non-hydrogen) atoms. The zero-order valence-electron chi connectivity index (χ0n) is 3.28. The maximum absolute atomic E-state index is 5.35. The summed E-state index contributed by atoms with van der Waals surface area (Å²) in [7, 11) is 5.35. The second kappa shape index (κ2) is 0.572. The fraction of sp³-hybridized carbons (Fsp3) is 1.00. The van der Waals surface area contributed by atoms with Gasteiger partial charge in [-0.3, -0.25) is 0 Å². The van der Waals surface area contributed by atoms with E-state index < -0.39 is 0 Å². The molecule has 1 fully saturated rings. The van der Waals surface area contributed by atoms with Crippen molar-refractivity contribution in [2.75, 3.05) is 6.54 Å². The molecule has 1 N–H and O–H groups in total. The molecule has 1 saturated heterocycles. The topological polar surface area (TPSA) is 21.9 Å². The molecule has 26 valence electrons. The van der Waals surface area contributed by atoms with E-state index in [1.807, 2.05) is 6.92 Å². The largest absolute Gasteiger partial charge is 0.318 e. The van der Waals surface area contributed by atoms with E-state index in [4.69, 9.17) is 7.85 Å². The Morgan fingerprint density at radius 2 is 2.20 bits per heavy atom.